The van der Waals surface area contributed by atoms with Gasteiger partial charge in [0.25, 0.3) is 0 Å². The van der Waals surface area contributed by atoms with E-state index >= 15 is 0 Å². The summed E-state index contributed by atoms with van der Waals surface area (Å²) in [5.74, 6) is 1.08. The van der Waals surface area contributed by atoms with Gasteiger partial charge < -0.3 is 4.74 Å². The first-order valence-corrected chi connectivity index (χ1v) is 7.35. The Morgan fingerprint density at radius 1 is 1.44 bits per heavy atom. The van der Waals surface area contributed by atoms with Gasteiger partial charge in [0, 0.05) is 10.4 Å². The molecule has 3 heteroatoms. The second-order valence-electron chi connectivity index (χ2n) is 5.78. The number of halogens is 2. The van der Waals surface area contributed by atoms with Crippen molar-refractivity contribution in [3.63, 3.8) is 0 Å². The van der Waals surface area contributed by atoms with Gasteiger partial charge in [-0.05, 0) is 42.4 Å². The lowest BCUT2D eigenvalue weighted by Gasteiger charge is -2.31. The van der Waals surface area contributed by atoms with Gasteiger partial charge in [-0.3, -0.25) is 0 Å². The van der Waals surface area contributed by atoms with E-state index in [1.807, 2.05) is 0 Å². The normalized spacial score (nSPS) is 23.9. The van der Waals surface area contributed by atoms with Crippen molar-refractivity contribution in [2.45, 2.75) is 37.9 Å². The van der Waals surface area contributed by atoms with Crippen LogP contribution in [0.25, 0.3) is 0 Å². The molecule has 100 valence electrons. The predicted molar refractivity (Wildman–Crippen MR) is 75.7 cm³/mol. The Morgan fingerprint density at radius 2 is 2.17 bits per heavy atom. The van der Waals surface area contributed by atoms with Crippen molar-refractivity contribution < 1.29 is 9.13 Å². The molecule has 18 heavy (non-hydrogen) atoms. The largest absolute Gasteiger partial charge is 0.496 e. The maximum atomic E-state index is 13.4. The lowest BCUT2D eigenvalue weighted by Crippen LogP contribution is -2.21. The zero-order valence-electron chi connectivity index (χ0n) is 11.2. The second kappa shape index (κ2) is 5.20. The van der Waals surface area contributed by atoms with Gasteiger partial charge in [0.15, 0.2) is 0 Å². The number of ether oxygens (including phenoxy) is 1. The summed E-state index contributed by atoms with van der Waals surface area (Å²) < 4.78 is 18.8. The molecule has 0 heterocycles. The Hall–Kier alpha value is -0.570. The second-order valence-corrected chi connectivity index (χ2v) is 6.76. The summed E-state index contributed by atoms with van der Waals surface area (Å²) in [5.41, 5.74) is 1.23. The van der Waals surface area contributed by atoms with Crippen LogP contribution in [-0.4, -0.2) is 7.11 Å². The number of hydrogen-bond acceptors (Lipinski definition) is 1. The van der Waals surface area contributed by atoms with E-state index in [0.29, 0.717) is 11.3 Å². The molecule has 2 rings (SSSR count). The zero-order valence-corrected chi connectivity index (χ0v) is 12.8. The number of benzene rings is 1. The Kier molecular flexibility index (Phi) is 4.00. The van der Waals surface area contributed by atoms with E-state index in [-0.39, 0.29) is 10.6 Å². The maximum absolute atomic E-state index is 13.4. The molecule has 2 unspecified atom stereocenters. The third-order valence-corrected chi connectivity index (χ3v) is 5.31. The fourth-order valence-corrected chi connectivity index (χ4v) is 4.37. The third-order valence-electron chi connectivity index (χ3n) is 4.18. The Balaban J connectivity index is 2.33. The quantitative estimate of drug-likeness (QED) is 0.705. The topological polar surface area (TPSA) is 9.23 Å². The summed E-state index contributed by atoms with van der Waals surface area (Å²) in [6.07, 6.45) is 3.66. The van der Waals surface area contributed by atoms with Crippen LogP contribution in [-0.2, 0) is 0 Å². The number of rotatable bonds is 3. The molecule has 1 saturated carbocycles. The standard InChI is InChI=1S/C15H20BrFO/c1-15(2)8-4-5-12(15)14(16)11-9-10(17)6-7-13(11)18-3/h6-7,9,12,14H,4-5,8H2,1-3H3. The molecule has 0 radical (unpaired) electrons. The van der Waals surface area contributed by atoms with Gasteiger partial charge in [0.2, 0.25) is 0 Å². The molecule has 2 atom stereocenters. The summed E-state index contributed by atoms with van der Waals surface area (Å²) in [5, 5.41) is 0. The summed E-state index contributed by atoms with van der Waals surface area (Å²) in [4.78, 5) is 0.153. The van der Waals surface area contributed by atoms with Gasteiger partial charge in [0.1, 0.15) is 11.6 Å². The molecule has 0 aromatic heterocycles. The fourth-order valence-electron chi connectivity index (χ4n) is 3.03. The molecule has 0 bridgehead atoms. The van der Waals surface area contributed by atoms with E-state index in [4.69, 9.17) is 4.74 Å². The molecule has 1 nitrogen and oxygen atoms in total. The van der Waals surface area contributed by atoms with Gasteiger partial charge in [-0.2, -0.15) is 0 Å². The Morgan fingerprint density at radius 3 is 2.72 bits per heavy atom. The molecule has 0 aliphatic heterocycles. The van der Waals surface area contributed by atoms with Crippen LogP contribution in [0.2, 0.25) is 0 Å². The van der Waals surface area contributed by atoms with Crippen molar-refractivity contribution in [2.75, 3.05) is 7.11 Å². The van der Waals surface area contributed by atoms with Crippen LogP contribution >= 0.6 is 15.9 Å². The molecule has 1 aliphatic carbocycles. The Labute approximate surface area is 117 Å². The highest BCUT2D eigenvalue weighted by Gasteiger charge is 2.39. The van der Waals surface area contributed by atoms with Gasteiger partial charge in [-0.1, -0.05) is 36.2 Å². The predicted octanol–water partition coefficient (Wildman–Crippen LogP) is 5.10. The highest BCUT2D eigenvalue weighted by Crippen LogP contribution is 2.53. The molecule has 0 amide bonds. The lowest BCUT2D eigenvalue weighted by atomic mass is 9.78. The molecule has 0 N–H and O–H groups in total. The zero-order chi connectivity index (χ0) is 13.3. The molecule has 1 aromatic rings. The fraction of sp³-hybridized carbons (Fsp3) is 0.600. The average molecular weight is 315 g/mol. The average Bonchev–Trinajstić information content (AvgIpc) is 2.68. The molecule has 0 spiro atoms. The van der Waals surface area contributed by atoms with Crippen molar-refractivity contribution in [2.24, 2.45) is 11.3 Å². The van der Waals surface area contributed by atoms with Gasteiger partial charge in [-0.15, -0.1) is 0 Å². The maximum Gasteiger partial charge on any atom is 0.123 e. The van der Waals surface area contributed by atoms with Crippen LogP contribution in [0.4, 0.5) is 4.39 Å². The van der Waals surface area contributed by atoms with E-state index in [9.17, 15) is 4.39 Å². The molecule has 1 aromatic carbocycles. The minimum atomic E-state index is -0.203. The molecular formula is C15H20BrFO. The van der Waals surface area contributed by atoms with Crippen molar-refractivity contribution in [1.29, 1.82) is 0 Å². The van der Waals surface area contributed by atoms with Crippen LogP contribution in [0.5, 0.6) is 5.75 Å². The number of methoxy groups -OCH3 is 1. The highest BCUT2D eigenvalue weighted by atomic mass is 79.9. The minimum Gasteiger partial charge on any atom is -0.496 e. The molecule has 1 aliphatic rings. The smallest absolute Gasteiger partial charge is 0.123 e. The summed E-state index contributed by atoms with van der Waals surface area (Å²) in [7, 11) is 1.64. The van der Waals surface area contributed by atoms with E-state index in [1.54, 1.807) is 19.2 Å². The number of alkyl halides is 1. The van der Waals surface area contributed by atoms with Crippen molar-refractivity contribution in [3.8, 4) is 5.75 Å². The van der Waals surface area contributed by atoms with Crippen molar-refractivity contribution >= 4 is 15.9 Å². The van der Waals surface area contributed by atoms with E-state index < -0.39 is 0 Å². The van der Waals surface area contributed by atoms with Crippen LogP contribution in [0.15, 0.2) is 18.2 Å². The van der Waals surface area contributed by atoms with Gasteiger partial charge >= 0.3 is 0 Å². The van der Waals surface area contributed by atoms with Crippen molar-refractivity contribution in [3.05, 3.63) is 29.6 Å². The highest BCUT2D eigenvalue weighted by molar-refractivity contribution is 9.09. The van der Waals surface area contributed by atoms with E-state index in [0.717, 1.165) is 11.3 Å². The van der Waals surface area contributed by atoms with E-state index in [2.05, 4.69) is 29.8 Å². The number of hydrogen-bond donors (Lipinski definition) is 0. The van der Waals surface area contributed by atoms with Gasteiger partial charge in [0.05, 0.1) is 7.11 Å². The monoisotopic (exact) mass is 314 g/mol. The first kappa shape index (κ1) is 13.9. The van der Waals surface area contributed by atoms with Crippen molar-refractivity contribution in [1.82, 2.24) is 0 Å². The van der Waals surface area contributed by atoms with Crippen LogP contribution in [0, 0.1) is 17.2 Å². The molecular weight excluding hydrogens is 295 g/mol. The van der Waals surface area contributed by atoms with Crippen LogP contribution in [0.1, 0.15) is 43.5 Å². The SMILES string of the molecule is COc1ccc(F)cc1C(Br)C1CCCC1(C)C. The summed E-state index contributed by atoms with van der Waals surface area (Å²) >= 11 is 3.77. The third kappa shape index (κ3) is 2.56. The lowest BCUT2D eigenvalue weighted by molar-refractivity contribution is 0.254. The summed E-state index contributed by atoms with van der Waals surface area (Å²) in [6, 6.07) is 4.75. The minimum absolute atomic E-state index is 0.153. The van der Waals surface area contributed by atoms with Gasteiger partial charge in [-0.25, -0.2) is 4.39 Å². The van der Waals surface area contributed by atoms with Crippen LogP contribution < -0.4 is 4.74 Å². The van der Waals surface area contributed by atoms with E-state index in [1.165, 1.54) is 25.3 Å². The first-order valence-electron chi connectivity index (χ1n) is 6.43. The molecule has 0 saturated heterocycles. The Bertz CT molecular complexity index is 431. The first-order chi connectivity index (χ1) is 8.45. The molecule has 1 fully saturated rings. The van der Waals surface area contributed by atoms with Crippen LogP contribution in [0.3, 0.4) is 0 Å². The summed E-state index contributed by atoms with van der Waals surface area (Å²) in [6.45, 7) is 4.59.